The quantitative estimate of drug-likeness (QED) is 0.127. The van der Waals surface area contributed by atoms with Gasteiger partial charge in [0.1, 0.15) is 38.9 Å². The molecule has 10 nitrogen and oxygen atoms in total. The normalized spacial score (nSPS) is 13.1. The van der Waals surface area contributed by atoms with Crippen LogP contribution in [0.3, 0.4) is 0 Å². The van der Waals surface area contributed by atoms with E-state index in [9.17, 15) is 19.2 Å². The van der Waals surface area contributed by atoms with E-state index in [-0.39, 0.29) is 30.1 Å². The maximum absolute atomic E-state index is 11.6. The largest absolute Gasteiger partial charge is 0.489 e. The van der Waals surface area contributed by atoms with Gasteiger partial charge in [-0.25, -0.2) is 9.79 Å². The lowest BCUT2D eigenvalue weighted by Crippen LogP contribution is -2.26. The van der Waals surface area contributed by atoms with Gasteiger partial charge in [0.2, 0.25) is 5.91 Å². The van der Waals surface area contributed by atoms with Crippen LogP contribution in [0.25, 0.3) is 6.05 Å². The van der Waals surface area contributed by atoms with Crippen LogP contribution in [0, 0.1) is 0 Å². The Morgan fingerprint density at radius 3 is 1.80 bits per heavy atom. The van der Waals surface area contributed by atoms with Crippen LogP contribution in [-0.4, -0.2) is 41.7 Å². The Bertz CT molecular complexity index is 1760. The lowest BCUT2D eigenvalue weighted by Gasteiger charge is -2.07. The van der Waals surface area contributed by atoms with Crippen LogP contribution in [0.5, 0.6) is 11.5 Å². The van der Waals surface area contributed by atoms with E-state index in [1.54, 1.807) is 49.4 Å². The van der Waals surface area contributed by atoms with E-state index in [1.165, 1.54) is 6.92 Å². The zero-order valence-corrected chi connectivity index (χ0v) is 25.3. The number of esters is 1. The third-order valence-corrected chi connectivity index (χ3v) is 5.74. The fraction of sp³-hybridized carbons (Fsp3) is 0.139. The number of carbonyl (C=O) groups excluding carboxylic acids is 3. The first-order valence-electron chi connectivity index (χ1n) is 15.0. The lowest BCUT2D eigenvalue weighted by atomic mass is 10.2. The summed E-state index contributed by atoms with van der Waals surface area (Å²) in [5, 5.41) is 10.1. The predicted octanol–water partition coefficient (Wildman–Crippen LogP) is 5.87. The van der Waals surface area contributed by atoms with Crippen LogP contribution in [0.2, 0.25) is 0 Å². The second-order valence-corrected chi connectivity index (χ2v) is 9.50. The molecule has 0 atom stereocenters. The third kappa shape index (κ3) is 13.1. The molecule has 46 heavy (non-hydrogen) atoms. The topological polar surface area (TPSA) is 141 Å². The number of ether oxygens (including phenoxy) is 3. The Morgan fingerprint density at radius 2 is 1.37 bits per heavy atom. The fourth-order valence-corrected chi connectivity index (χ4v) is 3.62. The van der Waals surface area contributed by atoms with Gasteiger partial charge in [-0.15, -0.1) is 0 Å². The molecule has 1 heterocycles. The molecule has 1 aliphatic heterocycles. The minimum atomic E-state index is -1.03. The first kappa shape index (κ1) is 31.4. The van der Waals surface area contributed by atoms with Crippen LogP contribution in [0.15, 0.2) is 120 Å². The summed E-state index contributed by atoms with van der Waals surface area (Å²) in [4.78, 5) is 46.2. The maximum atomic E-state index is 11.6. The lowest BCUT2D eigenvalue weighted by molar-refractivity contribution is -0.137. The van der Waals surface area contributed by atoms with E-state index < -0.39 is 18.2 Å². The third-order valence-electron chi connectivity index (χ3n) is 5.74. The number of carboxylic acid groups (broad SMARTS) is 1. The van der Waals surface area contributed by atoms with Gasteiger partial charge in [0.15, 0.2) is 11.6 Å². The molecule has 10 heteroatoms. The van der Waals surface area contributed by atoms with E-state index >= 15 is 0 Å². The van der Waals surface area contributed by atoms with Gasteiger partial charge in [0.25, 0.3) is 0 Å². The van der Waals surface area contributed by atoms with E-state index in [0.29, 0.717) is 35.8 Å². The zero-order chi connectivity index (χ0) is 34.9. The number of carboxylic acids is 1. The molecular formula is C36H34N2O8. The van der Waals surface area contributed by atoms with Gasteiger partial charge >= 0.3 is 11.9 Å². The number of benzene rings is 4. The summed E-state index contributed by atoms with van der Waals surface area (Å²) >= 11 is 0. The molecule has 236 valence electrons. The monoisotopic (exact) mass is 624 g/mol. The Hall–Kier alpha value is -6.03. The SMILES string of the molecule is CC(=O)NCC(=O)O.[2H]/C(=C1/N=C(C)OC1=O)c1cccc(OCc2ccccc2)c1.[2H]C(=O)c1cccc(OCc2ccccc2)c1. The van der Waals surface area contributed by atoms with Crippen molar-refractivity contribution < 1.29 is 41.2 Å². The molecule has 4 aromatic rings. The van der Waals surface area contributed by atoms with Gasteiger partial charge in [-0.2, -0.15) is 0 Å². The molecule has 1 amide bonds. The minimum absolute atomic E-state index is 0.0164. The van der Waals surface area contributed by atoms with Crippen molar-refractivity contribution in [2.24, 2.45) is 4.99 Å². The van der Waals surface area contributed by atoms with Crippen molar-refractivity contribution in [2.75, 3.05) is 6.54 Å². The number of rotatable bonds is 10. The highest BCUT2D eigenvalue weighted by Gasteiger charge is 2.19. The van der Waals surface area contributed by atoms with Gasteiger partial charge in [-0.05, 0) is 47.0 Å². The molecule has 0 bridgehead atoms. The summed E-state index contributed by atoms with van der Waals surface area (Å²) in [6.45, 7) is 3.44. The minimum Gasteiger partial charge on any atom is -0.489 e. The first-order chi connectivity index (χ1) is 23.0. The Morgan fingerprint density at radius 1 is 0.848 bits per heavy atom. The standard InChI is InChI=1S/C18H15NO3.C14H12O2.C4H7NO3/c1-13-19-17(18(20)22-13)11-15-8-5-9-16(10-15)21-12-14-6-3-2-4-7-14;15-10-13-7-4-8-14(9-13)16-11-12-5-2-1-3-6-12;1-3(6)5-2-4(7)8/h2-11H,12H2,1H3;1-10H,11H2;2H2,1H3,(H,5,6)(H,7,8)/b17-11-;;/i11D;10D;. The van der Waals surface area contributed by atoms with Crippen LogP contribution in [0.1, 0.15) is 43.6 Å². The summed E-state index contributed by atoms with van der Waals surface area (Å²) in [5.41, 5.74) is 3.04. The van der Waals surface area contributed by atoms with Crippen molar-refractivity contribution in [1.29, 1.82) is 0 Å². The molecular weight excluding hydrogens is 588 g/mol. The number of cyclic esters (lactones) is 1. The number of nitrogens with zero attached hydrogens (tertiary/aromatic N) is 1. The van der Waals surface area contributed by atoms with Crippen molar-refractivity contribution in [3.8, 4) is 11.5 Å². The molecule has 0 aliphatic carbocycles. The van der Waals surface area contributed by atoms with E-state index in [0.717, 1.165) is 11.1 Å². The molecule has 5 rings (SSSR count). The van der Waals surface area contributed by atoms with Crippen molar-refractivity contribution in [3.05, 3.63) is 137 Å². The molecule has 0 aromatic heterocycles. The highest BCUT2D eigenvalue weighted by molar-refractivity contribution is 6.06. The number of aliphatic carboxylic acids is 1. The van der Waals surface area contributed by atoms with E-state index in [4.69, 9.17) is 22.1 Å². The number of carbonyl (C=O) groups is 4. The molecule has 0 spiro atoms. The summed E-state index contributed by atoms with van der Waals surface area (Å²) in [7, 11) is 0. The summed E-state index contributed by atoms with van der Waals surface area (Å²) in [6, 6.07) is 33.3. The van der Waals surface area contributed by atoms with Crippen molar-refractivity contribution in [3.63, 3.8) is 0 Å². The van der Waals surface area contributed by atoms with Crippen molar-refractivity contribution in [1.82, 2.24) is 5.32 Å². The summed E-state index contributed by atoms with van der Waals surface area (Å²) in [6.07, 6.45) is -0.699. The van der Waals surface area contributed by atoms with Crippen molar-refractivity contribution in [2.45, 2.75) is 27.1 Å². The number of hydrogen-bond donors (Lipinski definition) is 2. The average molecular weight is 625 g/mol. The summed E-state index contributed by atoms with van der Waals surface area (Å²) < 4.78 is 31.3. The Kier molecular flexibility index (Phi) is 12.7. The molecule has 0 fully saturated rings. The van der Waals surface area contributed by atoms with Crippen LogP contribution < -0.4 is 14.8 Å². The summed E-state index contributed by atoms with van der Waals surface area (Å²) in [5.74, 6) is -0.460. The average Bonchev–Trinajstić information content (AvgIpc) is 3.44. The first-order valence-corrected chi connectivity index (χ1v) is 14.0. The number of aldehydes is 1. The second-order valence-electron chi connectivity index (χ2n) is 9.50. The highest BCUT2D eigenvalue weighted by Crippen LogP contribution is 2.20. The molecule has 0 radical (unpaired) electrons. The Labute approximate surface area is 269 Å². The van der Waals surface area contributed by atoms with Gasteiger partial charge in [0.05, 0.1) is 1.37 Å². The molecule has 1 aliphatic rings. The van der Waals surface area contributed by atoms with E-state index in [1.807, 2.05) is 66.7 Å². The van der Waals surface area contributed by atoms with Crippen LogP contribution >= 0.6 is 0 Å². The Balaban J connectivity index is 0.000000219. The van der Waals surface area contributed by atoms with Gasteiger partial charge in [-0.3, -0.25) is 14.4 Å². The van der Waals surface area contributed by atoms with Crippen molar-refractivity contribution >= 4 is 36.1 Å². The molecule has 0 saturated carbocycles. The van der Waals surface area contributed by atoms with Gasteiger partial charge in [-0.1, -0.05) is 84.9 Å². The highest BCUT2D eigenvalue weighted by atomic mass is 16.6. The van der Waals surface area contributed by atoms with E-state index in [2.05, 4.69) is 10.3 Å². The fourth-order valence-electron chi connectivity index (χ4n) is 3.62. The molecule has 0 saturated heterocycles. The van der Waals surface area contributed by atoms with Crippen LogP contribution in [-0.2, 0) is 32.3 Å². The van der Waals surface area contributed by atoms with Gasteiger partial charge in [0, 0.05) is 19.4 Å². The molecule has 2 N–H and O–H groups in total. The number of hydrogen-bond acceptors (Lipinski definition) is 8. The number of nitrogens with one attached hydrogen (secondary N) is 1. The van der Waals surface area contributed by atoms with Crippen LogP contribution in [0.4, 0.5) is 0 Å². The maximum Gasteiger partial charge on any atom is 0.363 e. The number of aliphatic imine (C=N–C) groups is 1. The zero-order valence-electron chi connectivity index (χ0n) is 27.3. The smallest absolute Gasteiger partial charge is 0.363 e. The molecule has 0 unspecified atom stereocenters. The van der Waals surface area contributed by atoms with Gasteiger partial charge < -0.3 is 24.6 Å². The number of amides is 1. The predicted molar refractivity (Wildman–Crippen MR) is 173 cm³/mol. The molecule has 4 aromatic carbocycles. The second kappa shape index (κ2) is 18.6.